The van der Waals surface area contributed by atoms with E-state index in [1.54, 1.807) is 7.11 Å². The number of fused-ring (bicyclic) bond motifs is 1. The molecule has 2 aliphatic rings. The molecule has 5 rings (SSSR count). The molecule has 1 atom stereocenters. The Balaban J connectivity index is 1.34. The summed E-state index contributed by atoms with van der Waals surface area (Å²) in [6.45, 7) is 1.93. The first-order valence-electron chi connectivity index (χ1n) is 10.3. The number of methoxy groups -OCH3 is 1. The molecule has 0 radical (unpaired) electrons. The molecular formula is C23H27N3O2. The smallest absolute Gasteiger partial charge is 0.119 e. The van der Waals surface area contributed by atoms with Crippen molar-refractivity contribution in [3.63, 3.8) is 0 Å². The van der Waals surface area contributed by atoms with Crippen LogP contribution in [0.25, 0.3) is 5.52 Å². The van der Waals surface area contributed by atoms with Crippen LogP contribution in [0, 0.1) is 5.92 Å². The number of aliphatic hydroxyl groups is 1. The fourth-order valence-corrected chi connectivity index (χ4v) is 4.61. The Hall–Kier alpha value is -2.53. The van der Waals surface area contributed by atoms with Crippen molar-refractivity contribution in [3.8, 4) is 5.75 Å². The topological polar surface area (TPSA) is 50.0 Å². The second-order valence-electron chi connectivity index (χ2n) is 8.11. The molecule has 1 N–H and O–H groups in total. The van der Waals surface area contributed by atoms with Crippen LogP contribution in [0.3, 0.4) is 0 Å². The van der Waals surface area contributed by atoms with Crippen LogP contribution < -0.4 is 9.64 Å². The van der Waals surface area contributed by atoms with Crippen molar-refractivity contribution in [2.75, 3.05) is 25.1 Å². The van der Waals surface area contributed by atoms with Gasteiger partial charge in [0.2, 0.25) is 0 Å². The number of benzene rings is 1. The summed E-state index contributed by atoms with van der Waals surface area (Å²) in [4.78, 5) is 6.72. The Labute approximate surface area is 165 Å². The third-order valence-electron chi connectivity index (χ3n) is 6.40. The summed E-state index contributed by atoms with van der Waals surface area (Å²) in [6.07, 6.45) is 9.84. The molecule has 0 bridgehead atoms. The highest BCUT2D eigenvalue weighted by atomic mass is 16.5. The maximum Gasteiger partial charge on any atom is 0.119 e. The largest absolute Gasteiger partial charge is 0.497 e. The van der Waals surface area contributed by atoms with Crippen molar-refractivity contribution in [2.45, 2.75) is 37.7 Å². The molecule has 1 aliphatic heterocycles. The molecule has 1 saturated heterocycles. The number of rotatable bonds is 5. The van der Waals surface area contributed by atoms with Gasteiger partial charge in [-0.2, -0.15) is 0 Å². The second-order valence-corrected chi connectivity index (χ2v) is 8.11. The number of anilines is 1. The molecule has 3 aromatic rings. The van der Waals surface area contributed by atoms with Gasteiger partial charge in [0.05, 0.1) is 31.3 Å². The van der Waals surface area contributed by atoms with Gasteiger partial charge in [0.1, 0.15) is 5.75 Å². The van der Waals surface area contributed by atoms with E-state index < -0.39 is 6.10 Å². The number of piperidine rings is 1. The van der Waals surface area contributed by atoms with E-state index in [-0.39, 0.29) is 5.92 Å². The van der Waals surface area contributed by atoms with Gasteiger partial charge in [-0.05, 0) is 73.4 Å². The quantitative estimate of drug-likeness (QED) is 0.725. The molecule has 0 amide bonds. The van der Waals surface area contributed by atoms with Gasteiger partial charge in [-0.25, -0.2) is 4.98 Å². The van der Waals surface area contributed by atoms with Gasteiger partial charge in [-0.1, -0.05) is 0 Å². The standard InChI is InChI=1S/C23H27N3O2/c1-28-19-6-4-18(5-7-19)25-11-8-17(9-12-25)23(27)22-20(16-2-3-16)10-13-26-15-24-14-21(22)26/h4-7,10,13-17,23,27H,2-3,8-9,11-12H2,1H3. The van der Waals surface area contributed by atoms with Gasteiger partial charge in [-0.15, -0.1) is 0 Å². The zero-order chi connectivity index (χ0) is 19.1. The van der Waals surface area contributed by atoms with Gasteiger partial charge >= 0.3 is 0 Å². The fourth-order valence-electron chi connectivity index (χ4n) is 4.61. The molecule has 1 saturated carbocycles. The van der Waals surface area contributed by atoms with Gasteiger partial charge < -0.3 is 19.1 Å². The predicted octanol–water partition coefficient (Wildman–Crippen LogP) is 4.17. The second kappa shape index (κ2) is 7.13. The molecule has 28 heavy (non-hydrogen) atoms. The maximum atomic E-state index is 11.4. The number of aliphatic hydroxyl groups excluding tert-OH is 1. The third-order valence-corrected chi connectivity index (χ3v) is 6.40. The summed E-state index contributed by atoms with van der Waals surface area (Å²) in [7, 11) is 1.69. The van der Waals surface area contributed by atoms with E-state index in [0.29, 0.717) is 5.92 Å². The Bertz CT molecular complexity index is 954. The average Bonchev–Trinajstić information content (AvgIpc) is 3.49. The molecule has 146 valence electrons. The number of nitrogens with zero attached hydrogens (tertiary/aromatic N) is 3. The van der Waals surface area contributed by atoms with E-state index in [0.717, 1.165) is 42.8 Å². The van der Waals surface area contributed by atoms with Crippen LogP contribution in [0.2, 0.25) is 0 Å². The van der Waals surface area contributed by atoms with Crippen molar-refractivity contribution in [2.24, 2.45) is 5.92 Å². The lowest BCUT2D eigenvalue weighted by atomic mass is 9.84. The van der Waals surface area contributed by atoms with Gasteiger partial charge in [0, 0.05) is 30.5 Å². The fraction of sp³-hybridized carbons (Fsp3) is 0.435. The van der Waals surface area contributed by atoms with Crippen molar-refractivity contribution < 1.29 is 9.84 Å². The van der Waals surface area contributed by atoms with Gasteiger partial charge in [0.25, 0.3) is 0 Å². The third kappa shape index (κ3) is 3.14. The number of pyridine rings is 1. The van der Waals surface area contributed by atoms with Gasteiger partial charge in [0.15, 0.2) is 0 Å². The summed E-state index contributed by atoms with van der Waals surface area (Å²) >= 11 is 0. The monoisotopic (exact) mass is 377 g/mol. The maximum absolute atomic E-state index is 11.4. The Kier molecular flexibility index (Phi) is 4.47. The first-order valence-corrected chi connectivity index (χ1v) is 10.3. The molecule has 5 heteroatoms. The van der Waals surface area contributed by atoms with E-state index in [1.165, 1.54) is 24.1 Å². The van der Waals surface area contributed by atoms with E-state index in [9.17, 15) is 5.11 Å². The van der Waals surface area contributed by atoms with Crippen LogP contribution in [0.5, 0.6) is 5.75 Å². The normalized spacial score (nSPS) is 19.1. The van der Waals surface area contributed by atoms with Crippen molar-refractivity contribution >= 4 is 11.2 Å². The van der Waals surface area contributed by atoms with Crippen LogP contribution in [0.1, 0.15) is 48.8 Å². The van der Waals surface area contributed by atoms with Crippen LogP contribution in [0.4, 0.5) is 5.69 Å². The molecule has 1 aliphatic carbocycles. The van der Waals surface area contributed by atoms with Crippen molar-refractivity contribution in [1.82, 2.24) is 9.38 Å². The minimum absolute atomic E-state index is 0.285. The van der Waals surface area contributed by atoms with Crippen LogP contribution in [-0.4, -0.2) is 34.7 Å². The highest BCUT2D eigenvalue weighted by molar-refractivity contribution is 5.59. The molecule has 1 aromatic carbocycles. The lowest BCUT2D eigenvalue weighted by Crippen LogP contribution is -2.35. The number of hydrogen-bond donors (Lipinski definition) is 1. The Morgan fingerprint density at radius 3 is 2.50 bits per heavy atom. The molecule has 1 unspecified atom stereocenters. The molecule has 5 nitrogen and oxygen atoms in total. The lowest BCUT2D eigenvalue weighted by Gasteiger charge is -2.36. The molecular weight excluding hydrogens is 350 g/mol. The van der Waals surface area contributed by atoms with Crippen LogP contribution >= 0.6 is 0 Å². The average molecular weight is 377 g/mol. The Morgan fingerprint density at radius 2 is 1.82 bits per heavy atom. The number of ether oxygens (including phenoxy) is 1. The highest BCUT2D eigenvalue weighted by Gasteiger charge is 2.33. The summed E-state index contributed by atoms with van der Waals surface area (Å²) in [5.74, 6) is 1.78. The zero-order valence-electron chi connectivity index (χ0n) is 16.3. The predicted molar refractivity (Wildman–Crippen MR) is 110 cm³/mol. The minimum atomic E-state index is -0.422. The molecule has 2 fully saturated rings. The lowest BCUT2D eigenvalue weighted by molar-refractivity contribution is 0.0931. The summed E-state index contributed by atoms with van der Waals surface area (Å²) in [5, 5.41) is 11.4. The molecule has 3 heterocycles. The van der Waals surface area contributed by atoms with Gasteiger partial charge in [-0.3, -0.25) is 0 Å². The number of imidazole rings is 1. The first-order chi connectivity index (χ1) is 13.7. The highest BCUT2D eigenvalue weighted by Crippen LogP contribution is 2.46. The Morgan fingerprint density at radius 1 is 1.07 bits per heavy atom. The first kappa shape index (κ1) is 17.6. The SMILES string of the molecule is COc1ccc(N2CCC(C(O)c3c(C4CC4)ccn4cncc34)CC2)cc1. The number of hydrogen-bond acceptors (Lipinski definition) is 4. The summed E-state index contributed by atoms with van der Waals surface area (Å²) in [6, 6.07) is 10.5. The van der Waals surface area contributed by atoms with Crippen LogP contribution in [-0.2, 0) is 0 Å². The molecule has 2 aromatic heterocycles. The van der Waals surface area contributed by atoms with E-state index in [2.05, 4.69) is 34.3 Å². The van der Waals surface area contributed by atoms with E-state index in [4.69, 9.17) is 4.74 Å². The van der Waals surface area contributed by atoms with Crippen molar-refractivity contribution in [1.29, 1.82) is 0 Å². The van der Waals surface area contributed by atoms with Crippen LogP contribution in [0.15, 0.2) is 49.1 Å². The minimum Gasteiger partial charge on any atom is -0.497 e. The summed E-state index contributed by atoms with van der Waals surface area (Å²) < 4.78 is 7.30. The number of aromatic nitrogens is 2. The zero-order valence-corrected chi connectivity index (χ0v) is 16.3. The molecule has 0 spiro atoms. The van der Waals surface area contributed by atoms with E-state index in [1.807, 2.05) is 29.1 Å². The van der Waals surface area contributed by atoms with E-state index >= 15 is 0 Å². The van der Waals surface area contributed by atoms with Crippen molar-refractivity contribution in [3.05, 3.63) is 60.2 Å². The summed E-state index contributed by atoms with van der Waals surface area (Å²) in [5.41, 5.74) is 4.74.